The van der Waals surface area contributed by atoms with Gasteiger partial charge in [-0.05, 0) is 30.0 Å². The normalized spacial score (nSPS) is 16.6. The molecular formula is C21H18N2O2S. The molecule has 0 unspecified atom stereocenters. The maximum absolute atomic E-state index is 13.0. The SMILES string of the molecule is Cc1ccc(C2=NN(C(=O)c3cccs3)[C@@H](c3ccccc3O)C2)cc1. The minimum atomic E-state index is -0.317. The van der Waals surface area contributed by atoms with Crippen molar-refractivity contribution in [3.8, 4) is 5.75 Å². The molecule has 1 aromatic heterocycles. The lowest BCUT2D eigenvalue weighted by atomic mass is 9.97. The van der Waals surface area contributed by atoms with E-state index in [9.17, 15) is 9.90 Å². The summed E-state index contributed by atoms with van der Waals surface area (Å²) in [6, 6.07) is 18.6. The fraction of sp³-hybridized carbons (Fsp3) is 0.143. The summed E-state index contributed by atoms with van der Waals surface area (Å²) in [7, 11) is 0. The van der Waals surface area contributed by atoms with E-state index in [1.165, 1.54) is 21.9 Å². The Labute approximate surface area is 156 Å². The predicted octanol–water partition coefficient (Wildman–Crippen LogP) is 4.75. The van der Waals surface area contributed by atoms with E-state index in [0.29, 0.717) is 16.9 Å². The van der Waals surface area contributed by atoms with Crippen molar-refractivity contribution in [1.82, 2.24) is 5.01 Å². The van der Waals surface area contributed by atoms with Gasteiger partial charge in [0.05, 0.1) is 16.6 Å². The van der Waals surface area contributed by atoms with E-state index >= 15 is 0 Å². The van der Waals surface area contributed by atoms with Gasteiger partial charge in [0.15, 0.2) is 0 Å². The van der Waals surface area contributed by atoms with Crippen LogP contribution in [0.25, 0.3) is 0 Å². The van der Waals surface area contributed by atoms with Gasteiger partial charge in [0.25, 0.3) is 5.91 Å². The Bertz CT molecular complexity index is 962. The molecule has 130 valence electrons. The number of nitrogens with zero attached hydrogens (tertiary/aromatic N) is 2. The van der Waals surface area contributed by atoms with E-state index in [-0.39, 0.29) is 17.7 Å². The molecule has 1 atom stereocenters. The van der Waals surface area contributed by atoms with Crippen LogP contribution in [0, 0.1) is 6.92 Å². The molecule has 1 aliphatic heterocycles. The van der Waals surface area contributed by atoms with Crippen molar-refractivity contribution in [2.75, 3.05) is 0 Å². The van der Waals surface area contributed by atoms with Gasteiger partial charge in [0.2, 0.25) is 0 Å². The topological polar surface area (TPSA) is 52.9 Å². The second-order valence-electron chi connectivity index (χ2n) is 6.32. The van der Waals surface area contributed by atoms with Crippen LogP contribution in [-0.4, -0.2) is 21.7 Å². The summed E-state index contributed by atoms with van der Waals surface area (Å²) in [5.41, 5.74) is 3.74. The fourth-order valence-corrected chi connectivity index (χ4v) is 3.80. The molecule has 1 N–H and O–H groups in total. The maximum Gasteiger partial charge on any atom is 0.284 e. The molecule has 0 fully saturated rings. The van der Waals surface area contributed by atoms with E-state index in [1.807, 2.05) is 54.8 Å². The van der Waals surface area contributed by atoms with Gasteiger partial charge in [-0.1, -0.05) is 54.1 Å². The van der Waals surface area contributed by atoms with Gasteiger partial charge in [-0.25, -0.2) is 5.01 Å². The van der Waals surface area contributed by atoms with Gasteiger partial charge < -0.3 is 5.11 Å². The highest BCUT2D eigenvalue weighted by Gasteiger charge is 2.35. The molecule has 0 saturated heterocycles. The van der Waals surface area contributed by atoms with Gasteiger partial charge in [0, 0.05) is 12.0 Å². The first kappa shape index (κ1) is 16.5. The lowest BCUT2D eigenvalue weighted by Gasteiger charge is -2.22. The third-order valence-corrected chi connectivity index (χ3v) is 5.39. The standard InChI is InChI=1S/C21H18N2O2S/c1-14-8-10-15(11-9-14)17-13-18(16-5-2-3-6-19(16)24)23(22-17)21(25)20-7-4-12-26-20/h2-12,18,24H,13H2,1H3/t18-/m1/s1. The number of hydrogen-bond acceptors (Lipinski definition) is 4. The summed E-state index contributed by atoms with van der Waals surface area (Å²) < 4.78 is 0. The van der Waals surface area contributed by atoms with E-state index in [1.54, 1.807) is 18.2 Å². The summed E-state index contributed by atoms with van der Waals surface area (Å²) in [5, 5.41) is 18.3. The Balaban J connectivity index is 1.75. The molecule has 0 bridgehead atoms. The van der Waals surface area contributed by atoms with Crippen LogP contribution < -0.4 is 0 Å². The molecule has 2 heterocycles. The van der Waals surface area contributed by atoms with Crippen molar-refractivity contribution in [2.45, 2.75) is 19.4 Å². The number of para-hydroxylation sites is 1. The first-order valence-corrected chi connectivity index (χ1v) is 9.31. The first-order valence-electron chi connectivity index (χ1n) is 8.43. The van der Waals surface area contributed by atoms with Crippen LogP contribution >= 0.6 is 11.3 Å². The Hall–Kier alpha value is -2.92. The highest BCUT2D eigenvalue weighted by Crippen LogP contribution is 2.38. The third-order valence-electron chi connectivity index (χ3n) is 4.53. The highest BCUT2D eigenvalue weighted by atomic mass is 32.1. The fourth-order valence-electron chi connectivity index (χ4n) is 3.14. The molecule has 3 aromatic rings. The lowest BCUT2D eigenvalue weighted by molar-refractivity contribution is 0.0714. The number of carbonyl (C=O) groups is 1. The minimum absolute atomic E-state index is 0.143. The Morgan fingerprint density at radius 1 is 1.12 bits per heavy atom. The predicted molar refractivity (Wildman–Crippen MR) is 104 cm³/mol. The number of rotatable bonds is 3. The van der Waals surface area contributed by atoms with Crippen molar-refractivity contribution >= 4 is 23.0 Å². The quantitative estimate of drug-likeness (QED) is 0.731. The number of hydrazone groups is 1. The van der Waals surface area contributed by atoms with Gasteiger partial charge in [-0.3, -0.25) is 4.79 Å². The number of hydrogen-bond donors (Lipinski definition) is 1. The average Bonchev–Trinajstić information content (AvgIpc) is 3.32. The summed E-state index contributed by atoms with van der Waals surface area (Å²) in [6.45, 7) is 2.04. The number of aryl methyl sites for hydroxylation is 1. The Morgan fingerprint density at radius 2 is 1.88 bits per heavy atom. The molecular weight excluding hydrogens is 344 g/mol. The zero-order valence-electron chi connectivity index (χ0n) is 14.3. The molecule has 2 aromatic carbocycles. The largest absolute Gasteiger partial charge is 0.508 e. The molecule has 0 aliphatic carbocycles. The zero-order valence-corrected chi connectivity index (χ0v) is 15.1. The molecule has 5 heteroatoms. The molecule has 0 saturated carbocycles. The second kappa shape index (κ2) is 6.77. The monoisotopic (exact) mass is 362 g/mol. The van der Waals surface area contributed by atoms with Crippen LogP contribution in [0.15, 0.2) is 71.1 Å². The summed E-state index contributed by atoms with van der Waals surface area (Å²) in [4.78, 5) is 13.6. The third kappa shape index (κ3) is 3.02. The van der Waals surface area contributed by atoms with Gasteiger partial charge in [-0.15, -0.1) is 11.3 Å². The molecule has 1 amide bonds. The number of carbonyl (C=O) groups excluding carboxylic acids is 1. The van der Waals surface area contributed by atoms with Gasteiger partial charge >= 0.3 is 0 Å². The average molecular weight is 362 g/mol. The molecule has 0 radical (unpaired) electrons. The Morgan fingerprint density at radius 3 is 2.58 bits per heavy atom. The molecule has 4 nitrogen and oxygen atoms in total. The van der Waals surface area contributed by atoms with Crippen molar-refractivity contribution in [2.24, 2.45) is 5.10 Å². The summed E-state index contributed by atoms with van der Waals surface area (Å²) in [5.74, 6) is 0.0391. The van der Waals surface area contributed by atoms with Crippen LogP contribution in [-0.2, 0) is 0 Å². The summed E-state index contributed by atoms with van der Waals surface area (Å²) in [6.07, 6.45) is 0.567. The van der Waals surface area contributed by atoms with Crippen LogP contribution in [0.5, 0.6) is 5.75 Å². The van der Waals surface area contributed by atoms with Crippen LogP contribution in [0.4, 0.5) is 0 Å². The van der Waals surface area contributed by atoms with Crippen molar-refractivity contribution < 1.29 is 9.90 Å². The molecule has 1 aliphatic rings. The lowest BCUT2D eigenvalue weighted by Crippen LogP contribution is -2.26. The van der Waals surface area contributed by atoms with Crippen LogP contribution in [0.2, 0.25) is 0 Å². The van der Waals surface area contributed by atoms with E-state index in [0.717, 1.165) is 11.3 Å². The number of thiophene rings is 1. The highest BCUT2D eigenvalue weighted by molar-refractivity contribution is 7.12. The van der Waals surface area contributed by atoms with Crippen molar-refractivity contribution in [3.05, 3.63) is 87.6 Å². The summed E-state index contributed by atoms with van der Waals surface area (Å²) >= 11 is 1.40. The van der Waals surface area contributed by atoms with Crippen molar-refractivity contribution in [3.63, 3.8) is 0 Å². The van der Waals surface area contributed by atoms with Crippen LogP contribution in [0.1, 0.15) is 38.8 Å². The van der Waals surface area contributed by atoms with E-state index < -0.39 is 0 Å². The zero-order chi connectivity index (χ0) is 18.1. The van der Waals surface area contributed by atoms with Crippen LogP contribution in [0.3, 0.4) is 0 Å². The first-order chi connectivity index (χ1) is 12.6. The number of phenols is 1. The smallest absolute Gasteiger partial charge is 0.284 e. The number of amides is 1. The second-order valence-corrected chi connectivity index (χ2v) is 7.27. The number of benzene rings is 2. The Kier molecular flexibility index (Phi) is 4.31. The van der Waals surface area contributed by atoms with E-state index in [4.69, 9.17) is 0 Å². The minimum Gasteiger partial charge on any atom is -0.508 e. The van der Waals surface area contributed by atoms with Gasteiger partial charge in [-0.2, -0.15) is 5.10 Å². The number of phenolic OH excluding ortho intramolecular Hbond substituents is 1. The molecule has 26 heavy (non-hydrogen) atoms. The maximum atomic E-state index is 13.0. The molecule has 4 rings (SSSR count). The molecule has 0 spiro atoms. The van der Waals surface area contributed by atoms with E-state index in [2.05, 4.69) is 5.10 Å². The van der Waals surface area contributed by atoms with Gasteiger partial charge in [0.1, 0.15) is 5.75 Å². The number of aromatic hydroxyl groups is 1. The van der Waals surface area contributed by atoms with Crippen molar-refractivity contribution in [1.29, 1.82) is 0 Å².